The van der Waals surface area contributed by atoms with Crippen molar-refractivity contribution in [3.05, 3.63) is 76.0 Å². The van der Waals surface area contributed by atoms with Gasteiger partial charge in [0.1, 0.15) is 0 Å². The number of anilines is 1. The quantitative estimate of drug-likeness (QED) is 0.780. The molecule has 0 aliphatic heterocycles. The Morgan fingerprint density at radius 1 is 1.13 bits per heavy atom. The number of carbonyl (C=O) groups excluding carboxylic acids is 1. The number of para-hydroxylation sites is 1. The molecule has 0 bridgehead atoms. The van der Waals surface area contributed by atoms with Crippen LogP contribution in [0.25, 0.3) is 5.69 Å². The summed E-state index contributed by atoms with van der Waals surface area (Å²) in [5, 5.41) is 6.84. The van der Waals surface area contributed by atoms with Gasteiger partial charge in [0, 0.05) is 5.69 Å². The first kappa shape index (κ1) is 14.8. The summed E-state index contributed by atoms with van der Waals surface area (Å²) in [6, 6.07) is 14.7. The Morgan fingerprint density at radius 2 is 1.87 bits per heavy atom. The monoisotopic (exact) mass is 308 g/mol. The zero-order valence-corrected chi connectivity index (χ0v) is 12.8. The lowest BCUT2D eigenvalue weighted by molar-refractivity contribution is 0.101. The maximum absolute atomic E-state index is 12.3. The van der Waals surface area contributed by atoms with E-state index in [2.05, 4.69) is 15.4 Å². The summed E-state index contributed by atoms with van der Waals surface area (Å²) < 4.78 is 1.16. The molecule has 3 rings (SSSR count). The molecule has 0 aliphatic rings. The molecule has 116 valence electrons. The fourth-order valence-electron chi connectivity index (χ4n) is 2.22. The molecule has 2 N–H and O–H groups in total. The highest BCUT2D eigenvalue weighted by Gasteiger charge is 2.15. The lowest BCUT2D eigenvalue weighted by Gasteiger charge is -2.07. The summed E-state index contributed by atoms with van der Waals surface area (Å²) in [7, 11) is 0. The first-order valence-electron chi connectivity index (χ1n) is 7.18. The van der Waals surface area contributed by atoms with Crippen LogP contribution in [0, 0.1) is 13.8 Å². The number of rotatable bonds is 3. The van der Waals surface area contributed by atoms with Gasteiger partial charge in [0.2, 0.25) is 5.82 Å². The third-order valence-electron chi connectivity index (χ3n) is 3.47. The zero-order valence-electron chi connectivity index (χ0n) is 12.8. The Morgan fingerprint density at radius 3 is 2.61 bits per heavy atom. The minimum Gasteiger partial charge on any atom is -0.319 e. The minimum absolute atomic E-state index is 0.0280. The lowest BCUT2D eigenvalue weighted by Crippen LogP contribution is -2.16. The Labute approximate surface area is 132 Å². The number of aromatic amines is 1. The lowest BCUT2D eigenvalue weighted by atomic mass is 10.1. The number of aryl methyl sites for hydroxylation is 2. The fraction of sp³-hybridized carbons (Fsp3) is 0.118. The molecular weight excluding hydrogens is 292 g/mol. The Kier molecular flexibility index (Phi) is 3.80. The summed E-state index contributed by atoms with van der Waals surface area (Å²) >= 11 is 0. The van der Waals surface area contributed by atoms with Crippen LogP contribution in [0.4, 0.5) is 5.69 Å². The van der Waals surface area contributed by atoms with Crippen LogP contribution in [0.2, 0.25) is 0 Å². The van der Waals surface area contributed by atoms with Crippen molar-refractivity contribution in [1.29, 1.82) is 0 Å². The Bertz CT molecular complexity index is 910. The van der Waals surface area contributed by atoms with Crippen molar-refractivity contribution < 1.29 is 4.79 Å². The van der Waals surface area contributed by atoms with Crippen LogP contribution in [0.1, 0.15) is 21.7 Å². The second-order valence-electron chi connectivity index (χ2n) is 5.30. The molecule has 1 amide bonds. The van der Waals surface area contributed by atoms with E-state index in [1.54, 1.807) is 24.3 Å². The number of nitrogens with zero attached hydrogens (tertiary/aromatic N) is 2. The second-order valence-corrected chi connectivity index (χ2v) is 5.30. The molecule has 0 saturated carbocycles. The van der Waals surface area contributed by atoms with Crippen LogP contribution < -0.4 is 11.0 Å². The van der Waals surface area contributed by atoms with Crippen molar-refractivity contribution in [1.82, 2.24) is 14.8 Å². The van der Waals surface area contributed by atoms with Gasteiger partial charge in [-0.3, -0.25) is 9.78 Å². The van der Waals surface area contributed by atoms with Crippen molar-refractivity contribution in [3.63, 3.8) is 0 Å². The molecule has 1 heterocycles. The molecule has 23 heavy (non-hydrogen) atoms. The summed E-state index contributed by atoms with van der Waals surface area (Å²) in [4.78, 5) is 26.8. The average molecular weight is 308 g/mol. The van der Waals surface area contributed by atoms with Gasteiger partial charge in [0.05, 0.1) is 5.69 Å². The number of hydrogen-bond donors (Lipinski definition) is 2. The number of carbonyl (C=O) groups is 1. The Hall–Kier alpha value is -3.15. The van der Waals surface area contributed by atoms with E-state index in [0.717, 1.165) is 15.8 Å². The van der Waals surface area contributed by atoms with E-state index in [1.807, 2.05) is 38.1 Å². The summed E-state index contributed by atoms with van der Waals surface area (Å²) in [6.07, 6.45) is 0. The summed E-state index contributed by atoms with van der Waals surface area (Å²) in [5.74, 6) is -0.481. The topological polar surface area (TPSA) is 79.8 Å². The highest BCUT2D eigenvalue weighted by Crippen LogP contribution is 2.16. The molecule has 3 aromatic rings. The maximum atomic E-state index is 12.3. The van der Waals surface area contributed by atoms with Gasteiger partial charge in [-0.25, -0.2) is 4.79 Å². The molecule has 6 nitrogen and oxygen atoms in total. The van der Waals surface area contributed by atoms with Gasteiger partial charge in [0.15, 0.2) is 0 Å². The molecule has 0 saturated heterocycles. The van der Waals surface area contributed by atoms with Crippen LogP contribution in [-0.4, -0.2) is 20.7 Å². The predicted octanol–water partition coefficient (Wildman–Crippen LogP) is 2.43. The number of aromatic nitrogens is 3. The van der Waals surface area contributed by atoms with Crippen LogP contribution >= 0.6 is 0 Å². The zero-order chi connectivity index (χ0) is 16.4. The van der Waals surface area contributed by atoms with Crippen LogP contribution in [-0.2, 0) is 0 Å². The molecule has 6 heteroatoms. The first-order valence-corrected chi connectivity index (χ1v) is 7.18. The van der Waals surface area contributed by atoms with E-state index < -0.39 is 11.6 Å². The predicted molar refractivity (Wildman–Crippen MR) is 88.1 cm³/mol. The van der Waals surface area contributed by atoms with Crippen molar-refractivity contribution in [2.24, 2.45) is 0 Å². The maximum Gasteiger partial charge on any atom is 0.348 e. The van der Waals surface area contributed by atoms with Crippen LogP contribution in [0.3, 0.4) is 0 Å². The second kappa shape index (κ2) is 5.92. The van der Waals surface area contributed by atoms with E-state index in [-0.39, 0.29) is 5.82 Å². The van der Waals surface area contributed by atoms with E-state index in [1.165, 1.54) is 0 Å². The highest BCUT2D eigenvalue weighted by atomic mass is 16.2. The fourth-order valence-corrected chi connectivity index (χ4v) is 2.22. The number of amides is 1. The van der Waals surface area contributed by atoms with Gasteiger partial charge in [-0.05, 0) is 43.2 Å². The van der Waals surface area contributed by atoms with Gasteiger partial charge < -0.3 is 5.32 Å². The molecular formula is C17H16N4O2. The highest BCUT2D eigenvalue weighted by molar-refractivity contribution is 6.01. The van der Waals surface area contributed by atoms with Gasteiger partial charge >= 0.3 is 5.69 Å². The van der Waals surface area contributed by atoms with Gasteiger partial charge in [0.25, 0.3) is 5.91 Å². The van der Waals surface area contributed by atoms with Crippen LogP contribution in [0.15, 0.2) is 53.3 Å². The Balaban J connectivity index is 1.89. The number of nitrogens with one attached hydrogen (secondary N) is 2. The van der Waals surface area contributed by atoms with Crippen molar-refractivity contribution in [2.75, 3.05) is 5.32 Å². The van der Waals surface area contributed by atoms with Gasteiger partial charge in [-0.1, -0.05) is 30.3 Å². The minimum atomic E-state index is -0.456. The van der Waals surface area contributed by atoms with E-state index in [4.69, 9.17) is 0 Å². The van der Waals surface area contributed by atoms with Gasteiger partial charge in [-0.2, -0.15) is 4.68 Å². The standard InChI is InChI=1S/C17H16N4O2/c1-11-8-9-12(2)14(10-11)18-16(22)15-19-17(23)21(20-15)13-6-4-3-5-7-13/h3-10H,1-2H3,(H,18,22)(H,19,20,23). The SMILES string of the molecule is Cc1ccc(C)c(NC(=O)c2nn(-c3ccccc3)c(=O)[nH]2)c1. The van der Waals surface area contributed by atoms with Crippen molar-refractivity contribution in [2.45, 2.75) is 13.8 Å². The molecule has 0 radical (unpaired) electrons. The van der Waals surface area contributed by atoms with Crippen molar-refractivity contribution in [3.8, 4) is 5.69 Å². The van der Waals surface area contributed by atoms with E-state index in [0.29, 0.717) is 11.4 Å². The van der Waals surface area contributed by atoms with Crippen molar-refractivity contribution >= 4 is 11.6 Å². The molecule has 2 aromatic carbocycles. The third-order valence-corrected chi connectivity index (χ3v) is 3.47. The molecule has 0 spiro atoms. The largest absolute Gasteiger partial charge is 0.348 e. The third kappa shape index (κ3) is 3.06. The summed E-state index contributed by atoms with van der Waals surface area (Å²) in [5.41, 5.74) is 2.81. The summed E-state index contributed by atoms with van der Waals surface area (Å²) in [6.45, 7) is 3.85. The molecule has 0 fully saturated rings. The normalized spacial score (nSPS) is 10.5. The van der Waals surface area contributed by atoms with Gasteiger partial charge in [-0.15, -0.1) is 5.10 Å². The smallest absolute Gasteiger partial charge is 0.319 e. The molecule has 0 atom stereocenters. The van der Waals surface area contributed by atoms with Crippen LogP contribution in [0.5, 0.6) is 0 Å². The molecule has 0 aliphatic carbocycles. The first-order chi connectivity index (χ1) is 11.0. The molecule has 1 aromatic heterocycles. The average Bonchev–Trinajstić information content (AvgIpc) is 2.94. The molecule has 0 unspecified atom stereocenters. The number of H-pyrrole nitrogens is 1. The number of hydrogen-bond acceptors (Lipinski definition) is 3. The van der Waals surface area contributed by atoms with E-state index >= 15 is 0 Å². The van der Waals surface area contributed by atoms with E-state index in [9.17, 15) is 9.59 Å². The number of benzene rings is 2.